The lowest BCUT2D eigenvalue weighted by Crippen LogP contribution is -2.14. The van der Waals surface area contributed by atoms with Gasteiger partial charge in [-0.2, -0.15) is 9.78 Å². The zero-order valence-electron chi connectivity index (χ0n) is 15.7. The third-order valence-electron chi connectivity index (χ3n) is 4.46. The molecule has 4 rings (SSSR count). The molecule has 0 N–H and O–H groups in total. The van der Waals surface area contributed by atoms with E-state index in [1.54, 1.807) is 31.0 Å². The molecule has 0 bridgehead atoms. The first-order valence-corrected chi connectivity index (χ1v) is 9.68. The fraction of sp³-hybridized carbons (Fsp3) is 0.211. The maximum Gasteiger partial charge on any atom is 0.269 e. The van der Waals surface area contributed by atoms with E-state index < -0.39 is 4.92 Å². The molecule has 0 spiro atoms. The number of methoxy groups -OCH3 is 2. The van der Waals surface area contributed by atoms with Crippen LogP contribution in [0.25, 0.3) is 0 Å². The summed E-state index contributed by atoms with van der Waals surface area (Å²) in [7, 11) is 3.19. The summed E-state index contributed by atoms with van der Waals surface area (Å²) >= 11 is 1.53. The molecule has 1 aromatic heterocycles. The Balaban J connectivity index is 1.62. The molecular weight excluding hydrogens is 394 g/mol. The summed E-state index contributed by atoms with van der Waals surface area (Å²) in [6.07, 6.45) is 0.519. The van der Waals surface area contributed by atoms with E-state index in [-0.39, 0.29) is 5.69 Å². The summed E-state index contributed by atoms with van der Waals surface area (Å²) in [4.78, 5) is 10.4. The van der Waals surface area contributed by atoms with Crippen molar-refractivity contribution >= 4 is 23.2 Å². The highest BCUT2D eigenvalue weighted by atomic mass is 32.2. The van der Waals surface area contributed by atoms with Gasteiger partial charge in [0.15, 0.2) is 17.3 Å². The molecule has 148 valence electrons. The van der Waals surface area contributed by atoms with Crippen molar-refractivity contribution in [2.24, 2.45) is 5.10 Å². The molecule has 0 amide bonds. The number of nitro benzene ring substituents is 1. The van der Waals surface area contributed by atoms with E-state index in [0.29, 0.717) is 34.7 Å². The number of rotatable bonds is 6. The number of fused-ring (bicyclic) bond motifs is 1. The van der Waals surface area contributed by atoms with Crippen LogP contribution in [-0.4, -0.2) is 45.5 Å². The quantitative estimate of drug-likeness (QED) is 0.453. The number of hydrogen-bond donors (Lipinski definition) is 0. The van der Waals surface area contributed by atoms with Crippen LogP contribution >= 0.6 is 11.8 Å². The van der Waals surface area contributed by atoms with Crippen LogP contribution in [0.4, 0.5) is 5.69 Å². The topological polar surface area (TPSA) is 105 Å². The zero-order valence-corrected chi connectivity index (χ0v) is 16.5. The number of ether oxygens (including phenoxy) is 2. The Morgan fingerprint density at radius 3 is 2.55 bits per heavy atom. The minimum atomic E-state index is -0.416. The number of aromatic nitrogens is 3. The summed E-state index contributed by atoms with van der Waals surface area (Å²) in [6, 6.07) is 12.1. The second kappa shape index (κ2) is 7.92. The summed E-state index contributed by atoms with van der Waals surface area (Å²) in [6.45, 7) is 0. The van der Waals surface area contributed by atoms with E-state index in [2.05, 4.69) is 15.3 Å². The van der Waals surface area contributed by atoms with Gasteiger partial charge in [-0.05, 0) is 35.4 Å². The fourth-order valence-electron chi connectivity index (χ4n) is 2.97. The van der Waals surface area contributed by atoms with Crippen LogP contribution in [0.1, 0.15) is 17.0 Å². The number of non-ortho nitro benzene ring substituents is 1. The molecule has 0 fully saturated rings. The lowest BCUT2D eigenvalue weighted by Gasteiger charge is -2.14. The largest absolute Gasteiger partial charge is 0.493 e. The highest BCUT2D eigenvalue weighted by Gasteiger charge is 2.21. The smallest absolute Gasteiger partial charge is 0.269 e. The summed E-state index contributed by atoms with van der Waals surface area (Å²) in [5, 5.41) is 24.8. The Hall–Kier alpha value is -3.40. The van der Waals surface area contributed by atoms with Crippen LogP contribution in [0.3, 0.4) is 0 Å². The van der Waals surface area contributed by atoms with Gasteiger partial charge >= 0.3 is 0 Å². The molecule has 3 aromatic rings. The third kappa shape index (κ3) is 3.79. The molecular formula is C19H17N5O4S. The van der Waals surface area contributed by atoms with Gasteiger partial charge in [-0.25, -0.2) is 0 Å². The number of nitro groups is 1. The van der Waals surface area contributed by atoms with Crippen molar-refractivity contribution in [1.82, 2.24) is 14.9 Å². The van der Waals surface area contributed by atoms with Gasteiger partial charge in [-0.1, -0.05) is 17.8 Å². The Morgan fingerprint density at radius 1 is 1.10 bits per heavy atom. The minimum absolute atomic E-state index is 0.0527. The first-order valence-electron chi connectivity index (χ1n) is 8.69. The molecule has 1 aliphatic heterocycles. The first-order chi connectivity index (χ1) is 14.1. The molecule has 2 aromatic carbocycles. The van der Waals surface area contributed by atoms with Crippen LogP contribution in [0, 0.1) is 10.1 Å². The SMILES string of the molecule is COc1ccc(Cc2nnc3n2N=C(c2ccc([N+](=O)[O-])cc2)CS3)cc1OC. The van der Waals surface area contributed by atoms with Crippen molar-refractivity contribution in [3.8, 4) is 11.5 Å². The number of nitrogens with zero attached hydrogens (tertiary/aromatic N) is 5. The average molecular weight is 411 g/mol. The van der Waals surface area contributed by atoms with Crippen LogP contribution in [0.2, 0.25) is 0 Å². The van der Waals surface area contributed by atoms with Crippen LogP contribution in [0.5, 0.6) is 11.5 Å². The highest BCUT2D eigenvalue weighted by molar-refractivity contribution is 7.99. The maximum atomic E-state index is 10.9. The van der Waals surface area contributed by atoms with Crippen molar-refractivity contribution in [2.75, 3.05) is 20.0 Å². The molecule has 1 aliphatic rings. The molecule has 0 radical (unpaired) electrons. The van der Waals surface area contributed by atoms with E-state index in [9.17, 15) is 10.1 Å². The van der Waals surface area contributed by atoms with Crippen LogP contribution < -0.4 is 9.47 Å². The monoisotopic (exact) mass is 411 g/mol. The van der Waals surface area contributed by atoms with Crippen molar-refractivity contribution < 1.29 is 14.4 Å². The number of thioether (sulfide) groups is 1. The molecule has 2 heterocycles. The van der Waals surface area contributed by atoms with Crippen molar-refractivity contribution in [3.63, 3.8) is 0 Å². The average Bonchev–Trinajstić information content (AvgIpc) is 3.15. The third-order valence-corrected chi connectivity index (χ3v) is 5.39. The minimum Gasteiger partial charge on any atom is -0.493 e. The lowest BCUT2D eigenvalue weighted by molar-refractivity contribution is -0.384. The molecule has 0 unspecified atom stereocenters. The summed E-state index contributed by atoms with van der Waals surface area (Å²) < 4.78 is 12.4. The molecule has 0 saturated heterocycles. The Morgan fingerprint density at radius 2 is 1.86 bits per heavy atom. The Kier molecular flexibility index (Phi) is 5.17. The molecule has 29 heavy (non-hydrogen) atoms. The second-order valence-corrected chi connectivity index (χ2v) is 7.16. The Labute approximate surface area is 170 Å². The molecule has 0 atom stereocenters. The van der Waals surface area contributed by atoms with Gasteiger partial charge in [-0.15, -0.1) is 10.2 Å². The normalized spacial score (nSPS) is 12.8. The number of benzene rings is 2. The standard InChI is InChI=1S/C19H17N5O4S/c1-27-16-8-3-12(9-17(16)28-2)10-18-20-21-19-23(18)22-15(11-29-19)13-4-6-14(7-5-13)24(25)26/h3-9H,10-11H2,1-2H3. The van der Waals surface area contributed by atoms with Crippen LogP contribution in [0.15, 0.2) is 52.7 Å². The molecule has 10 heteroatoms. The van der Waals surface area contributed by atoms with Gasteiger partial charge in [0.2, 0.25) is 5.16 Å². The van der Waals surface area contributed by atoms with E-state index in [0.717, 1.165) is 16.8 Å². The van der Waals surface area contributed by atoms with Gasteiger partial charge in [0.25, 0.3) is 5.69 Å². The van der Waals surface area contributed by atoms with Gasteiger partial charge in [-0.3, -0.25) is 10.1 Å². The zero-order chi connectivity index (χ0) is 20.4. The van der Waals surface area contributed by atoms with E-state index >= 15 is 0 Å². The Bertz CT molecular complexity index is 1090. The summed E-state index contributed by atoms with van der Waals surface area (Å²) in [5.41, 5.74) is 2.68. The predicted octanol–water partition coefficient (Wildman–Crippen LogP) is 3.15. The van der Waals surface area contributed by atoms with E-state index in [1.165, 1.54) is 23.9 Å². The molecule has 0 saturated carbocycles. The number of hydrogen-bond acceptors (Lipinski definition) is 8. The van der Waals surface area contributed by atoms with Gasteiger partial charge in [0.05, 0.1) is 24.9 Å². The maximum absolute atomic E-state index is 10.9. The second-order valence-electron chi connectivity index (χ2n) is 6.22. The van der Waals surface area contributed by atoms with E-state index in [4.69, 9.17) is 9.47 Å². The van der Waals surface area contributed by atoms with Crippen molar-refractivity contribution in [3.05, 3.63) is 69.5 Å². The van der Waals surface area contributed by atoms with Crippen molar-refractivity contribution in [2.45, 2.75) is 11.6 Å². The lowest BCUT2D eigenvalue weighted by atomic mass is 10.1. The predicted molar refractivity (Wildman–Crippen MR) is 108 cm³/mol. The van der Waals surface area contributed by atoms with Crippen LogP contribution in [-0.2, 0) is 6.42 Å². The first kappa shape index (κ1) is 18.9. The molecule has 9 nitrogen and oxygen atoms in total. The highest BCUT2D eigenvalue weighted by Crippen LogP contribution is 2.30. The fourth-order valence-corrected chi connectivity index (χ4v) is 3.83. The van der Waals surface area contributed by atoms with Crippen molar-refractivity contribution in [1.29, 1.82) is 0 Å². The van der Waals surface area contributed by atoms with Gasteiger partial charge in [0.1, 0.15) is 0 Å². The van der Waals surface area contributed by atoms with Gasteiger partial charge in [0, 0.05) is 24.3 Å². The summed E-state index contributed by atoms with van der Waals surface area (Å²) in [5.74, 6) is 2.62. The molecule has 0 aliphatic carbocycles. The van der Waals surface area contributed by atoms with Gasteiger partial charge < -0.3 is 9.47 Å². The van der Waals surface area contributed by atoms with E-state index in [1.807, 2.05) is 18.2 Å².